The van der Waals surface area contributed by atoms with E-state index >= 15 is 0 Å². The maximum Gasteiger partial charge on any atom is 0.252 e. The van der Waals surface area contributed by atoms with Crippen molar-refractivity contribution in [3.05, 3.63) is 83.8 Å². The third-order valence-electron chi connectivity index (χ3n) is 5.03. The number of amides is 1. The molecule has 1 aliphatic rings. The molecular weight excluding hydrogens is 368 g/mol. The van der Waals surface area contributed by atoms with Gasteiger partial charge in [0.2, 0.25) is 0 Å². The number of rotatable bonds is 6. The van der Waals surface area contributed by atoms with Gasteiger partial charge in [-0.3, -0.25) is 4.79 Å². The maximum absolute atomic E-state index is 13.1. The Kier molecular flexibility index (Phi) is 5.81. The van der Waals surface area contributed by atoms with Crippen molar-refractivity contribution in [2.24, 2.45) is 0 Å². The number of ether oxygens (including phenoxy) is 2. The van der Waals surface area contributed by atoms with Crippen LogP contribution >= 0.6 is 0 Å². The molecular formula is C23H24N2O4. The Balaban J connectivity index is 1.61. The summed E-state index contributed by atoms with van der Waals surface area (Å²) in [5.74, 6) is 1.26. The molecule has 1 unspecified atom stereocenters. The highest BCUT2D eigenvalue weighted by atomic mass is 16.5. The van der Waals surface area contributed by atoms with Crippen molar-refractivity contribution in [3.63, 3.8) is 0 Å². The van der Waals surface area contributed by atoms with Crippen LogP contribution in [0.25, 0.3) is 0 Å². The fourth-order valence-corrected chi connectivity index (χ4v) is 3.52. The quantitative estimate of drug-likeness (QED) is 0.694. The van der Waals surface area contributed by atoms with E-state index in [2.05, 4.69) is 10.2 Å². The lowest BCUT2D eigenvalue weighted by Crippen LogP contribution is -2.36. The van der Waals surface area contributed by atoms with Crippen LogP contribution in [0.2, 0.25) is 0 Å². The number of furan rings is 1. The molecule has 1 aromatic heterocycles. The summed E-state index contributed by atoms with van der Waals surface area (Å²) in [7, 11) is 1.64. The highest BCUT2D eigenvalue weighted by Gasteiger charge is 2.22. The second kappa shape index (κ2) is 8.84. The summed E-state index contributed by atoms with van der Waals surface area (Å²) < 4.78 is 16.5. The molecule has 4 rings (SSSR count). The largest absolute Gasteiger partial charge is 0.495 e. The normalized spacial score (nSPS) is 15.0. The summed E-state index contributed by atoms with van der Waals surface area (Å²) in [5.41, 5.74) is 2.43. The Morgan fingerprint density at radius 2 is 1.86 bits per heavy atom. The predicted octanol–water partition coefficient (Wildman–Crippen LogP) is 3.64. The molecule has 29 heavy (non-hydrogen) atoms. The minimum atomic E-state index is -0.368. The van der Waals surface area contributed by atoms with Gasteiger partial charge in [-0.25, -0.2) is 0 Å². The third kappa shape index (κ3) is 4.27. The summed E-state index contributed by atoms with van der Waals surface area (Å²) in [6.07, 6.45) is 1.61. The Morgan fingerprint density at radius 1 is 1.07 bits per heavy atom. The zero-order chi connectivity index (χ0) is 20.1. The molecule has 0 aliphatic carbocycles. The summed E-state index contributed by atoms with van der Waals surface area (Å²) in [6, 6.07) is 18.6. The van der Waals surface area contributed by atoms with Crippen LogP contribution in [-0.2, 0) is 4.74 Å². The predicted molar refractivity (Wildman–Crippen MR) is 110 cm³/mol. The number of carbonyl (C=O) groups excluding carboxylic acids is 1. The van der Waals surface area contributed by atoms with Crippen molar-refractivity contribution < 1.29 is 18.7 Å². The lowest BCUT2D eigenvalue weighted by molar-refractivity contribution is 0.0939. The topological polar surface area (TPSA) is 63.9 Å². The van der Waals surface area contributed by atoms with Gasteiger partial charge in [0.1, 0.15) is 17.6 Å². The number of hydrogen-bond donors (Lipinski definition) is 1. The summed E-state index contributed by atoms with van der Waals surface area (Å²) >= 11 is 0. The fraction of sp³-hybridized carbons (Fsp3) is 0.261. The SMILES string of the molecule is COc1ccc(C(=O)NC(c2ccccc2)c2ccco2)cc1N1CCOCC1. The van der Waals surface area contributed by atoms with E-state index in [1.165, 1.54) is 0 Å². The average Bonchev–Trinajstić information content (AvgIpc) is 3.32. The van der Waals surface area contributed by atoms with E-state index in [4.69, 9.17) is 13.9 Å². The molecule has 6 nitrogen and oxygen atoms in total. The molecule has 3 aromatic rings. The van der Waals surface area contributed by atoms with Crippen LogP contribution in [0, 0.1) is 0 Å². The van der Waals surface area contributed by atoms with E-state index in [1.54, 1.807) is 19.4 Å². The number of nitrogens with zero attached hydrogens (tertiary/aromatic N) is 1. The van der Waals surface area contributed by atoms with Gasteiger partial charge in [-0.2, -0.15) is 0 Å². The zero-order valence-corrected chi connectivity index (χ0v) is 16.3. The van der Waals surface area contributed by atoms with Crippen molar-refractivity contribution in [1.29, 1.82) is 0 Å². The number of benzene rings is 2. The van der Waals surface area contributed by atoms with Crippen molar-refractivity contribution in [1.82, 2.24) is 5.32 Å². The number of carbonyl (C=O) groups is 1. The van der Waals surface area contributed by atoms with Gasteiger partial charge < -0.3 is 24.1 Å². The molecule has 0 saturated carbocycles. The summed E-state index contributed by atoms with van der Waals surface area (Å²) in [6.45, 7) is 2.85. The minimum absolute atomic E-state index is 0.174. The molecule has 1 atom stereocenters. The first-order chi connectivity index (χ1) is 14.3. The first-order valence-electron chi connectivity index (χ1n) is 9.66. The van der Waals surface area contributed by atoms with Crippen LogP contribution in [0.3, 0.4) is 0 Å². The van der Waals surface area contributed by atoms with Crippen LogP contribution in [0.1, 0.15) is 27.7 Å². The first kappa shape index (κ1) is 19.1. The van der Waals surface area contributed by atoms with Gasteiger partial charge in [-0.1, -0.05) is 30.3 Å². The molecule has 1 fully saturated rings. The molecule has 0 bridgehead atoms. The molecule has 1 saturated heterocycles. The van der Waals surface area contributed by atoms with E-state index in [0.29, 0.717) is 24.5 Å². The van der Waals surface area contributed by atoms with E-state index in [0.717, 1.165) is 30.1 Å². The molecule has 1 N–H and O–H groups in total. The van der Waals surface area contributed by atoms with Crippen LogP contribution < -0.4 is 15.0 Å². The van der Waals surface area contributed by atoms with Crippen LogP contribution in [0.4, 0.5) is 5.69 Å². The van der Waals surface area contributed by atoms with Gasteiger partial charge in [0.25, 0.3) is 5.91 Å². The van der Waals surface area contributed by atoms with Gasteiger partial charge in [-0.05, 0) is 35.9 Å². The van der Waals surface area contributed by atoms with Crippen LogP contribution in [-0.4, -0.2) is 39.3 Å². The van der Waals surface area contributed by atoms with Gasteiger partial charge in [0.05, 0.1) is 32.3 Å². The van der Waals surface area contributed by atoms with E-state index in [9.17, 15) is 4.79 Å². The smallest absolute Gasteiger partial charge is 0.252 e. The second-order valence-electron chi connectivity index (χ2n) is 6.82. The Hall–Kier alpha value is -3.25. The Morgan fingerprint density at radius 3 is 2.55 bits per heavy atom. The number of hydrogen-bond acceptors (Lipinski definition) is 5. The molecule has 0 radical (unpaired) electrons. The number of nitrogens with one attached hydrogen (secondary N) is 1. The standard InChI is InChI=1S/C23H24N2O4/c1-27-20-10-9-18(16-19(20)25-11-14-28-15-12-25)23(26)24-22(21-8-5-13-29-21)17-6-3-2-4-7-17/h2-10,13,16,22H,11-12,14-15H2,1H3,(H,24,26). The molecule has 2 heterocycles. The van der Waals surface area contributed by atoms with Crippen molar-refractivity contribution in [2.45, 2.75) is 6.04 Å². The lowest BCUT2D eigenvalue weighted by atomic mass is 10.0. The molecule has 1 amide bonds. The molecule has 6 heteroatoms. The van der Waals surface area contributed by atoms with Crippen molar-refractivity contribution in [3.8, 4) is 5.75 Å². The minimum Gasteiger partial charge on any atom is -0.495 e. The second-order valence-corrected chi connectivity index (χ2v) is 6.82. The zero-order valence-electron chi connectivity index (χ0n) is 16.3. The summed E-state index contributed by atoms with van der Waals surface area (Å²) in [5, 5.41) is 3.10. The average molecular weight is 392 g/mol. The molecule has 0 spiro atoms. The molecule has 1 aliphatic heterocycles. The molecule has 150 valence electrons. The van der Waals surface area contributed by atoms with Crippen molar-refractivity contribution >= 4 is 11.6 Å². The van der Waals surface area contributed by atoms with Gasteiger partial charge in [0, 0.05) is 18.7 Å². The number of methoxy groups -OCH3 is 1. The van der Waals surface area contributed by atoms with Gasteiger partial charge in [0.15, 0.2) is 0 Å². The maximum atomic E-state index is 13.1. The monoisotopic (exact) mass is 392 g/mol. The van der Waals surface area contributed by atoms with Crippen molar-refractivity contribution in [2.75, 3.05) is 38.3 Å². The Bertz CT molecular complexity index is 935. The van der Waals surface area contributed by atoms with Gasteiger partial charge in [-0.15, -0.1) is 0 Å². The first-order valence-corrected chi connectivity index (χ1v) is 9.66. The number of anilines is 1. The van der Waals surface area contributed by atoms with E-state index in [-0.39, 0.29) is 11.9 Å². The highest BCUT2D eigenvalue weighted by Crippen LogP contribution is 2.31. The number of morpholine rings is 1. The van der Waals surface area contributed by atoms with E-state index in [1.807, 2.05) is 54.6 Å². The summed E-state index contributed by atoms with van der Waals surface area (Å²) in [4.78, 5) is 15.3. The lowest BCUT2D eigenvalue weighted by Gasteiger charge is -2.30. The van der Waals surface area contributed by atoms with E-state index < -0.39 is 0 Å². The fourth-order valence-electron chi connectivity index (χ4n) is 3.52. The van der Waals surface area contributed by atoms with Crippen LogP contribution in [0.15, 0.2) is 71.3 Å². The van der Waals surface area contributed by atoms with Crippen LogP contribution in [0.5, 0.6) is 5.75 Å². The Labute approximate surface area is 170 Å². The third-order valence-corrected chi connectivity index (χ3v) is 5.03. The van der Waals surface area contributed by atoms with Gasteiger partial charge >= 0.3 is 0 Å². The highest BCUT2D eigenvalue weighted by molar-refractivity contribution is 5.96. The molecule has 2 aromatic carbocycles.